The standard InChI is InChI=1S/C16H30N2O3S2/c1-2-23(20,21)18-11-6-7-14(13-18)16(19)17-10-12-22-15-8-4-3-5-9-15/h14-15H,2-13H2,1H3,(H,17,19)/t14-/m0/s1. The molecule has 0 aromatic rings. The topological polar surface area (TPSA) is 66.5 Å². The second-order valence-electron chi connectivity index (χ2n) is 6.52. The fourth-order valence-corrected chi connectivity index (χ4v) is 5.77. The van der Waals surface area contributed by atoms with Gasteiger partial charge in [-0.2, -0.15) is 11.8 Å². The van der Waals surface area contributed by atoms with Crippen LogP contribution in [0, 0.1) is 5.92 Å². The minimum absolute atomic E-state index is 0.0187. The highest BCUT2D eigenvalue weighted by molar-refractivity contribution is 7.99. The van der Waals surface area contributed by atoms with Crippen molar-refractivity contribution in [1.82, 2.24) is 9.62 Å². The lowest BCUT2D eigenvalue weighted by atomic mass is 9.99. The summed E-state index contributed by atoms with van der Waals surface area (Å²) in [5, 5.41) is 3.77. The lowest BCUT2D eigenvalue weighted by molar-refractivity contribution is -0.125. The van der Waals surface area contributed by atoms with Gasteiger partial charge in [-0.1, -0.05) is 19.3 Å². The molecule has 1 aliphatic carbocycles. The normalized spacial score (nSPS) is 24.5. The molecule has 2 aliphatic rings. The maximum atomic E-state index is 12.3. The predicted octanol–water partition coefficient (Wildman–Crippen LogP) is 2.23. The zero-order chi connectivity index (χ0) is 16.7. The highest BCUT2D eigenvalue weighted by Gasteiger charge is 2.31. The molecule has 0 radical (unpaired) electrons. The van der Waals surface area contributed by atoms with Crippen LogP contribution >= 0.6 is 11.8 Å². The molecule has 134 valence electrons. The van der Waals surface area contributed by atoms with E-state index in [0.29, 0.717) is 19.6 Å². The first-order valence-corrected chi connectivity index (χ1v) is 11.6. The fourth-order valence-electron chi connectivity index (χ4n) is 3.37. The molecule has 1 N–H and O–H groups in total. The van der Waals surface area contributed by atoms with Crippen LogP contribution in [0.2, 0.25) is 0 Å². The zero-order valence-corrected chi connectivity index (χ0v) is 15.8. The summed E-state index contributed by atoms with van der Waals surface area (Å²) in [5.41, 5.74) is 0. The number of nitrogens with one attached hydrogen (secondary N) is 1. The van der Waals surface area contributed by atoms with Crippen LogP contribution in [0.5, 0.6) is 0 Å². The van der Waals surface area contributed by atoms with Gasteiger partial charge in [-0.15, -0.1) is 0 Å². The van der Waals surface area contributed by atoms with Gasteiger partial charge < -0.3 is 5.32 Å². The third-order valence-corrected chi connectivity index (χ3v) is 8.05. The van der Waals surface area contributed by atoms with Gasteiger partial charge in [0.05, 0.1) is 11.7 Å². The SMILES string of the molecule is CCS(=O)(=O)N1CCC[C@H](C(=O)NCCSC2CCCCC2)C1. The van der Waals surface area contributed by atoms with Gasteiger partial charge in [0.25, 0.3) is 0 Å². The number of amides is 1. The van der Waals surface area contributed by atoms with Gasteiger partial charge in [-0.05, 0) is 32.6 Å². The molecule has 0 aromatic carbocycles. The molecule has 1 heterocycles. The van der Waals surface area contributed by atoms with Gasteiger partial charge in [0, 0.05) is 30.6 Å². The number of carbonyl (C=O) groups is 1. The van der Waals surface area contributed by atoms with Gasteiger partial charge in [0.1, 0.15) is 0 Å². The Bertz CT molecular complexity index is 476. The van der Waals surface area contributed by atoms with Crippen LogP contribution in [0.25, 0.3) is 0 Å². The summed E-state index contributed by atoms with van der Waals surface area (Å²) >= 11 is 1.97. The van der Waals surface area contributed by atoms with E-state index in [1.807, 2.05) is 11.8 Å². The zero-order valence-electron chi connectivity index (χ0n) is 14.1. The monoisotopic (exact) mass is 362 g/mol. The number of hydrogen-bond donors (Lipinski definition) is 1. The molecule has 1 amide bonds. The van der Waals surface area contributed by atoms with E-state index in [1.165, 1.54) is 36.4 Å². The van der Waals surface area contributed by atoms with Crippen molar-refractivity contribution < 1.29 is 13.2 Å². The molecule has 1 saturated carbocycles. The molecular formula is C16H30N2O3S2. The van der Waals surface area contributed by atoms with Gasteiger partial charge in [-0.3, -0.25) is 4.79 Å². The van der Waals surface area contributed by atoms with Gasteiger partial charge in [-0.25, -0.2) is 12.7 Å². The summed E-state index contributed by atoms with van der Waals surface area (Å²) in [6, 6.07) is 0. The summed E-state index contributed by atoms with van der Waals surface area (Å²) in [7, 11) is -3.18. The fraction of sp³-hybridized carbons (Fsp3) is 0.938. The number of carbonyl (C=O) groups excluding carboxylic acids is 1. The van der Waals surface area contributed by atoms with Crippen LogP contribution in [0.4, 0.5) is 0 Å². The number of sulfonamides is 1. The Morgan fingerprint density at radius 3 is 2.61 bits per heavy atom. The molecule has 1 saturated heterocycles. The van der Waals surface area contributed by atoms with Crippen LogP contribution in [0.1, 0.15) is 51.9 Å². The number of hydrogen-bond acceptors (Lipinski definition) is 4. The molecule has 2 rings (SSSR count). The summed E-state index contributed by atoms with van der Waals surface area (Å²) in [5.74, 6) is 0.898. The smallest absolute Gasteiger partial charge is 0.224 e. The Morgan fingerprint density at radius 2 is 1.91 bits per heavy atom. The molecule has 7 heteroatoms. The quantitative estimate of drug-likeness (QED) is 0.705. The van der Waals surface area contributed by atoms with E-state index in [9.17, 15) is 13.2 Å². The second-order valence-corrected chi connectivity index (χ2v) is 10.2. The molecule has 23 heavy (non-hydrogen) atoms. The first-order chi connectivity index (χ1) is 11.0. The number of thioether (sulfide) groups is 1. The maximum absolute atomic E-state index is 12.3. The first-order valence-electron chi connectivity index (χ1n) is 8.90. The number of nitrogens with zero attached hydrogens (tertiary/aromatic N) is 1. The van der Waals surface area contributed by atoms with Gasteiger partial charge in [0.15, 0.2) is 0 Å². The minimum Gasteiger partial charge on any atom is -0.355 e. The van der Waals surface area contributed by atoms with E-state index in [0.717, 1.165) is 23.8 Å². The van der Waals surface area contributed by atoms with Crippen molar-refractivity contribution in [3.8, 4) is 0 Å². The number of piperidine rings is 1. The summed E-state index contributed by atoms with van der Waals surface area (Å²) in [6.07, 6.45) is 8.23. The highest BCUT2D eigenvalue weighted by atomic mass is 32.2. The van der Waals surface area contributed by atoms with Crippen molar-refractivity contribution in [3.63, 3.8) is 0 Å². The van der Waals surface area contributed by atoms with Crippen LogP contribution < -0.4 is 5.32 Å². The highest BCUT2D eigenvalue weighted by Crippen LogP contribution is 2.27. The van der Waals surface area contributed by atoms with Gasteiger partial charge >= 0.3 is 0 Å². The Morgan fingerprint density at radius 1 is 1.17 bits per heavy atom. The summed E-state index contributed by atoms with van der Waals surface area (Å²) < 4.78 is 25.4. The molecule has 0 unspecified atom stereocenters. The summed E-state index contributed by atoms with van der Waals surface area (Å²) in [4.78, 5) is 12.3. The van der Waals surface area contributed by atoms with E-state index in [-0.39, 0.29) is 17.6 Å². The maximum Gasteiger partial charge on any atom is 0.224 e. The van der Waals surface area contributed by atoms with Crippen molar-refractivity contribution in [2.75, 3.05) is 31.1 Å². The van der Waals surface area contributed by atoms with E-state index in [1.54, 1.807) is 6.92 Å². The predicted molar refractivity (Wildman–Crippen MR) is 96.1 cm³/mol. The average molecular weight is 363 g/mol. The van der Waals surface area contributed by atoms with Crippen LogP contribution in [-0.4, -0.2) is 55.0 Å². The molecule has 0 spiro atoms. The van der Waals surface area contributed by atoms with Gasteiger partial charge in [0.2, 0.25) is 15.9 Å². The van der Waals surface area contributed by atoms with E-state index in [2.05, 4.69) is 5.32 Å². The number of rotatable bonds is 7. The minimum atomic E-state index is -3.18. The van der Waals surface area contributed by atoms with Crippen molar-refractivity contribution in [1.29, 1.82) is 0 Å². The van der Waals surface area contributed by atoms with E-state index >= 15 is 0 Å². The largest absolute Gasteiger partial charge is 0.355 e. The lowest BCUT2D eigenvalue weighted by Gasteiger charge is -2.31. The summed E-state index contributed by atoms with van der Waals surface area (Å²) in [6.45, 7) is 3.24. The molecule has 1 aliphatic heterocycles. The third kappa shape index (κ3) is 5.94. The Labute approximate surface area is 145 Å². The van der Waals surface area contributed by atoms with Crippen LogP contribution in [0.3, 0.4) is 0 Å². The van der Waals surface area contributed by atoms with E-state index in [4.69, 9.17) is 0 Å². The molecule has 2 fully saturated rings. The van der Waals surface area contributed by atoms with Crippen LogP contribution in [-0.2, 0) is 14.8 Å². The van der Waals surface area contributed by atoms with Crippen molar-refractivity contribution in [3.05, 3.63) is 0 Å². The Hall–Kier alpha value is -0.270. The van der Waals surface area contributed by atoms with E-state index < -0.39 is 10.0 Å². The van der Waals surface area contributed by atoms with Crippen molar-refractivity contribution in [2.24, 2.45) is 5.92 Å². The Balaban J connectivity index is 1.68. The van der Waals surface area contributed by atoms with Crippen molar-refractivity contribution in [2.45, 2.75) is 57.1 Å². The molecular weight excluding hydrogens is 332 g/mol. The van der Waals surface area contributed by atoms with Crippen LogP contribution in [0.15, 0.2) is 0 Å². The molecule has 5 nitrogen and oxygen atoms in total. The first kappa shape index (κ1) is 19.1. The third-order valence-electron chi connectivity index (χ3n) is 4.82. The lowest BCUT2D eigenvalue weighted by Crippen LogP contribution is -2.46. The molecule has 0 bridgehead atoms. The van der Waals surface area contributed by atoms with Crippen molar-refractivity contribution >= 4 is 27.7 Å². The second kappa shape index (κ2) is 9.28. The molecule has 1 atom stereocenters. The Kier molecular flexibility index (Phi) is 7.69. The average Bonchev–Trinajstić information content (AvgIpc) is 2.59. The molecule has 0 aromatic heterocycles.